The molecule has 1 aromatic carbocycles. The molecule has 42 heavy (non-hydrogen) atoms. The van der Waals surface area contributed by atoms with E-state index >= 15 is 0 Å². The second-order valence-corrected chi connectivity index (χ2v) is 7.86. The molecule has 0 aliphatic heterocycles. The molecule has 0 amide bonds. The Morgan fingerprint density at radius 2 is 0.929 bits per heavy atom. The Labute approximate surface area is 272 Å². The van der Waals surface area contributed by atoms with Crippen LogP contribution in [0.15, 0.2) is 54.5 Å². The first-order valence-corrected chi connectivity index (χ1v) is 18.1. The van der Waals surface area contributed by atoms with Crippen LogP contribution in [0.5, 0.6) is 0 Å². The van der Waals surface area contributed by atoms with Crippen molar-refractivity contribution in [3.63, 3.8) is 0 Å². The van der Waals surface area contributed by atoms with Gasteiger partial charge in [0.15, 0.2) is 0 Å². The number of hydrogen-bond acceptors (Lipinski definition) is 2. The van der Waals surface area contributed by atoms with E-state index in [0.29, 0.717) is 17.9 Å². The topological polar surface area (TPSA) is 54.4 Å². The van der Waals surface area contributed by atoms with Crippen molar-refractivity contribution < 1.29 is 13.0 Å². The monoisotopic (exact) mass is 623 g/mol. The van der Waals surface area contributed by atoms with Gasteiger partial charge in [0.25, 0.3) is 10.1 Å². The minimum absolute atomic E-state index is 0.0306. The van der Waals surface area contributed by atoms with Crippen molar-refractivity contribution in [2.45, 2.75) is 177 Å². The summed E-state index contributed by atoms with van der Waals surface area (Å²) in [5.41, 5.74) is 3.74. The van der Waals surface area contributed by atoms with Gasteiger partial charge in [-0.15, -0.1) is 19.7 Å². The molecular formula is C38H86O3S. The van der Waals surface area contributed by atoms with Crippen molar-refractivity contribution in [1.82, 2.24) is 0 Å². The maximum absolute atomic E-state index is 11.0. The van der Waals surface area contributed by atoms with Crippen molar-refractivity contribution in [3.05, 3.63) is 66.3 Å². The summed E-state index contributed by atoms with van der Waals surface area (Å²) < 4.78 is 31.1. The summed E-state index contributed by atoms with van der Waals surface area (Å²) in [5.74, 6) is 0.648. The molecule has 0 spiro atoms. The van der Waals surface area contributed by atoms with E-state index in [2.05, 4.69) is 33.6 Å². The molecule has 0 unspecified atom stereocenters. The van der Waals surface area contributed by atoms with Gasteiger partial charge in [0, 0.05) is 0 Å². The molecule has 0 aliphatic carbocycles. The lowest BCUT2D eigenvalue weighted by Crippen LogP contribution is -2.04. The molecule has 1 aromatic rings. The van der Waals surface area contributed by atoms with Crippen LogP contribution >= 0.6 is 0 Å². The van der Waals surface area contributed by atoms with Crippen molar-refractivity contribution in [2.24, 2.45) is 5.92 Å². The van der Waals surface area contributed by atoms with Crippen LogP contribution < -0.4 is 0 Å². The SMILES string of the molecule is C=C(C)C.C=CC.C=CC(C)C.CC.CC.CC.CC.CC.CC.CC.CC.CCc1cc(C)c(C)cc1S(=O)(=O)O. The van der Waals surface area contributed by atoms with Crippen LogP contribution in [0.25, 0.3) is 0 Å². The molecule has 1 rings (SSSR count). The molecule has 0 bridgehead atoms. The van der Waals surface area contributed by atoms with Crippen LogP contribution in [0.2, 0.25) is 0 Å². The lowest BCUT2D eigenvalue weighted by atomic mass is 10.0. The van der Waals surface area contributed by atoms with Crippen LogP contribution in [0.3, 0.4) is 0 Å². The molecule has 0 heterocycles. The van der Waals surface area contributed by atoms with E-state index in [9.17, 15) is 8.42 Å². The predicted octanol–water partition coefficient (Wildman–Crippen LogP) is 14.9. The van der Waals surface area contributed by atoms with Gasteiger partial charge in [0.05, 0.1) is 4.90 Å². The zero-order chi connectivity index (χ0) is 37.5. The fraction of sp³-hybridized carbons (Fsp3) is 0.684. The largest absolute Gasteiger partial charge is 0.294 e. The highest BCUT2D eigenvalue weighted by molar-refractivity contribution is 7.85. The molecule has 4 heteroatoms. The summed E-state index contributed by atoms with van der Waals surface area (Å²) in [6.45, 7) is 58.1. The van der Waals surface area contributed by atoms with Crippen molar-refractivity contribution in [2.75, 3.05) is 0 Å². The number of rotatable bonds is 3. The van der Waals surface area contributed by atoms with Gasteiger partial charge in [-0.3, -0.25) is 4.55 Å². The fourth-order valence-electron chi connectivity index (χ4n) is 1.37. The van der Waals surface area contributed by atoms with E-state index in [1.165, 1.54) is 11.6 Å². The second-order valence-electron chi connectivity index (χ2n) is 6.47. The zero-order valence-corrected chi connectivity index (χ0v) is 34.7. The summed E-state index contributed by atoms with van der Waals surface area (Å²) in [4.78, 5) is 0.0306. The van der Waals surface area contributed by atoms with Gasteiger partial charge in [0.2, 0.25) is 0 Å². The van der Waals surface area contributed by atoms with Crippen molar-refractivity contribution in [1.29, 1.82) is 0 Å². The molecule has 0 atom stereocenters. The molecular weight excluding hydrogens is 536 g/mol. The third-order valence-corrected chi connectivity index (χ3v) is 3.74. The Bertz CT molecular complexity index is 653. The average Bonchev–Trinajstić information content (AvgIpc) is 3.02. The Balaban J connectivity index is -0.0000000323. The number of aryl methyl sites for hydroxylation is 3. The van der Waals surface area contributed by atoms with E-state index in [0.717, 1.165) is 11.1 Å². The highest BCUT2D eigenvalue weighted by atomic mass is 32.2. The maximum atomic E-state index is 11.0. The Kier molecular flexibility index (Phi) is 134. The molecule has 1 N–H and O–H groups in total. The first-order valence-electron chi connectivity index (χ1n) is 16.7. The molecule has 0 saturated heterocycles. The lowest BCUT2D eigenvalue weighted by Gasteiger charge is -2.08. The summed E-state index contributed by atoms with van der Waals surface area (Å²) in [6, 6.07) is 3.32. The van der Waals surface area contributed by atoms with Crippen LogP contribution in [0.4, 0.5) is 0 Å². The molecule has 3 nitrogen and oxygen atoms in total. The first kappa shape index (κ1) is 72.5. The Hall–Kier alpha value is -1.65. The smallest absolute Gasteiger partial charge is 0.282 e. The van der Waals surface area contributed by atoms with Gasteiger partial charge in [-0.1, -0.05) is 155 Å². The lowest BCUT2D eigenvalue weighted by molar-refractivity contribution is 0.482. The third kappa shape index (κ3) is 90.2. The summed E-state index contributed by atoms with van der Waals surface area (Å²) >= 11 is 0. The maximum Gasteiger partial charge on any atom is 0.294 e. The van der Waals surface area contributed by atoms with E-state index in [-0.39, 0.29) is 4.90 Å². The quantitative estimate of drug-likeness (QED) is 0.269. The molecule has 262 valence electrons. The van der Waals surface area contributed by atoms with Crippen LogP contribution in [-0.4, -0.2) is 13.0 Å². The molecule has 0 saturated carbocycles. The molecule has 0 radical (unpaired) electrons. The highest BCUT2D eigenvalue weighted by Crippen LogP contribution is 2.20. The third-order valence-electron chi connectivity index (χ3n) is 2.81. The molecule has 0 aliphatic rings. The van der Waals surface area contributed by atoms with Gasteiger partial charge >= 0.3 is 0 Å². The number of benzene rings is 1. The van der Waals surface area contributed by atoms with Gasteiger partial charge in [-0.2, -0.15) is 8.42 Å². The van der Waals surface area contributed by atoms with E-state index in [1.807, 2.05) is 158 Å². The van der Waals surface area contributed by atoms with Gasteiger partial charge in [0.1, 0.15) is 0 Å². The van der Waals surface area contributed by atoms with E-state index in [4.69, 9.17) is 4.55 Å². The predicted molar refractivity (Wildman–Crippen MR) is 207 cm³/mol. The highest BCUT2D eigenvalue weighted by Gasteiger charge is 2.15. The van der Waals surface area contributed by atoms with E-state index < -0.39 is 10.1 Å². The first-order chi connectivity index (χ1) is 19.8. The van der Waals surface area contributed by atoms with E-state index in [1.54, 1.807) is 12.1 Å². The molecule has 0 fully saturated rings. The fourth-order valence-corrected chi connectivity index (χ4v) is 2.23. The van der Waals surface area contributed by atoms with Crippen LogP contribution in [0.1, 0.15) is 169 Å². The van der Waals surface area contributed by atoms with Crippen LogP contribution in [0, 0.1) is 19.8 Å². The van der Waals surface area contributed by atoms with Gasteiger partial charge in [-0.25, -0.2) is 0 Å². The second kappa shape index (κ2) is 77.4. The Morgan fingerprint density at radius 3 is 1.07 bits per heavy atom. The van der Waals surface area contributed by atoms with Gasteiger partial charge in [-0.05, 0) is 69.7 Å². The van der Waals surface area contributed by atoms with Gasteiger partial charge < -0.3 is 0 Å². The Morgan fingerprint density at radius 1 is 0.738 bits per heavy atom. The minimum atomic E-state index is -4.08. The minimum Gasteiger partial charge on any atom is -0.282 e. The summed E-state index contributed by atoms with van der Waals surface area (Å²) in [7, 11) is -4.08. The normalized spacial score (nSPS) is 7.00. The van der Waals surface area contributed by atoms with Crippen LogP contribution in [-0.2, 0) is 16.5 Å². The summed E-state index contributed by atoms with van der Waals surface area (Å²) in [5, 5.41) is 0. The average molecular weight is 623 g/mol. The molecule has 0 aromatic heterocycles. The van der Waals surface area contributed by atoms with Crippen molar-refractivity contribution >= 4 is 10.1 Å². The number of allylic oxidation sites excluding steroid dienone is 3. The standard InChI is InChI=1S/C10H14O3S.C5H10.C4H8.C3H6.8C2H6/c1-4-9-5-7(2)8(3)6-10(9)14(11,12)13;1-4-5(2)3;1-4(2)3;1-3-2;8*1-2/h5-6H,4H2,1-3H3,(H,11,12,13);4-5H,1H2,2-3H3;1H2,2-3H3;3H,1H2,2H3;8*1-2H3. The number of hydrogen-bond donors (Lipinski definition) is 1. The summed E-state index contributed by atoms with van der Waals surface area (Å²) in [6.07, 6.45) is 4.26. The zero-order valence-electron chi connectivity index (χ0n) is 33.9. The van der Waals surface area contributed by atoms with Crippen molar-refractivity contribution in [3.8, 4) is 0 Å².